The van der Waals surface area contributed by atoms with E-state index in [9.17, 15) is 9.18 Å². The minimum atomic E-state index is -0.191. The molecule has 0 aromatic heterocycles. The van der Waals surface area contributed by atoms with Crippen molar-refractivity contribution in [3.05, 3.63) is 35.1 Å². The molecule has 1 aromatic carbocycles. The number of carbonyl (C=O) groups is 1. The summed E-state index contributed by atoms with van der Waals surface area (Å²) in [6, 6.07) is 4.92. The van der Waals surface area contributed by atoms with Crippen molar-refractivity contribution in [2.24, 2.45) is 4.99 Å². The predicted molar refractivity (Wildman–Crippen MR) is 123 cm³/mol. The van der Waals surface area contributed by atoms with Crippen molar-refractivity contribution in [2.45, 2.75) is 27.2 Å². The van der Waals surface area contributed by atoms with Gasteiger partial charge in [-0.3, -0.25) is 14.7 Å². The van der Waals surface area contributed by atoms with E-state index < -0.39 is 0 Å². The van der Waals surface area contributed by atoms with Gasteiger partial charge in [0.2, 0.25) is 5.91 Å². The average molecular weight is 505 g/mol. The highest BCUT2D eigenvalue weighted by Gasteiger charge is 2.17. The number of guanidine groups is 1. The maximum Gasteiger partial charge on any atom is 0.219 e. The van der Waals surface area contributed by atoms with E-state index >= 15 is 0 Å². The van der Waals surface area contributed by atoms with E-state index in [1.165, 1.54) is 6.07 Å². The molecule has 28 heavy (non-hydrogen) atoms. The summed E-state index contributed by atoms with van der Waals surface area (Å²) in [6.45, 7) is 12.2. The fraction of sp³-hybridized carbons (Fsp3) is 0.600. The van der Waals surface area contributed by atoms with E-state index in [-0.39, 0.29) is 35.7 Å². The predicted octanol–water partition coefficient (Wildman–Crippen LogP) is 2.01. The van der Waals surface area contributed by atoms with Crippen molar-refractivity contribution in [2.75, 3.05) is 52.4 Å². The van der Waals surface area contributed by atoms with Crippen LogP contribution in [0, 0.1) is 12.7 Å². The topological polar surface area (TPSA) is 60.0 Å². The van der Waals surface area contributed by atoms with E-state index in [2.05, 4.69) is 20.5 Å². The fourth-order valence-corrected chi connectivity index (χ4v) is 3.19. The second kappa shape index (κ2) is 12.9. The Balaban J connectivity index is 0.00000392. The van der Waals surface area contributed by atoms with Gasteiger partial charge < -0.3 is 15.5 Å². The Bertz CT molecular complexity index is 647. The lowest BCUT2D eigenvalue weighted by Crippen LogP contribution is -2.48. The lowest BCUT2D eigenvalue weighted by Gasteiger charge is -2.33. The standard InChI is InChI=1S/C20H32FN5O.HI/c1-4-22-20(23-8-7-18-5-6-19(21)15-16(18)2)24-9-10-25-11-13-26(14-12-25)17(3)27;/h5-6,15H,4,7-14H2,1-3H3,(H2,22,23,24);1H. The van der Waals surface area contributed by atoms with Gasteiger partial charge >= 0.3 is 0 Å². The average Bonchev–Trinajstić information content (AvgIpc) is 2.64. The summed E-state index contributed by atoms with van der Waals surface area (Å²) >= 11 is 0. The third-order valence-electron chi connectivity index (χ3n) is 4.84. The van der Waals surface area contributed by atoms with Gasteiger partial charge in [0, 0.05) is 52.7 Å². The van der Waals surface area contributed by atoms with Crippen LogP contribution < -0.4 is 10.6 Å². The van der Waals surface area contributed by atoms with E-state index in [1.54, 1.807) is 13.0 Å². The molecule has 1 aliphatic rings. The lowest BCUT2D eigenvalue weighted by atomic mass is 10.1. The minimum Gasteiger partial charge on any atom is -0.357 e. The highest BCUT2D eigenvalue weighted by molar-refractivity contribution is 14.0. The molecule has 158 valence electrons. The van der Waals surface area contributed by atoms with E-state index in [0.717, 1.165) is 69.3 Å². The molecule has 8 heteroatoms. The summed E-state index contributed by atoms with van der Waals surface area (Å²) in [4.78, 5) is 20.2. The van der Waals surface area contributed by atoms with Gasteiger partial charge in [0.15, 0.2) is 5.96 Å². The Kier molecular flexibility index (Phi) is 11.4. The van der Waals surface area contributed by atoms with Gasteiger partial charge in [0.1, 0.15) is 5.82 Å². The normalized spacial score (nSPS) is 15.1. The number of halogens is 2. The Labute approximate surface area is 185 Å². The number of benzene rings is 1. The molecule has 1 aromatic rings. The van der Waals surface area contributed by atoms with Crippen LogP contribution >= 0.6 is 24.0 Å². The molecular weight excluding hydrogens is 472 g/mol. The summed E-state index contributed by atoms with van der Waals surface area (Å²) in [7, 11) is 0. The van der Waals surface area contributed by atoms with Crippen LogP contribution in [0.1, 0.15) is 25.0 Å². The first-order valence-electron chi connectivity index (χ1n) is 9.74. The molecule has 0 spiro atoms. The molecule has 0 atom stereocenters. The summed E-state index contributed by atoms with van der Waals surface area (Å²) < 4.78 is 13.2. The third-order valence-corrected chi connectivity index (χ3v) is 4.84. The number of carbonyl (C=O) groups excluding carboxylic acids is 1. The number of rotatable bonds is 7. The first kappa shape index (κ1) is 24.6. The molecule has 1 aliphatic heterocycles. The SMILES string of the molecule is CCNC(=NCCN1CCN(C(C)=O)CC1)NCCc1ccc(F)cc1C.I. The number of nitrogens with one attached hydrogen (secondary N) is 2. The van der Waals surface area contributed by atoms with Crippen LogP contribution in [0.15, 0.2) is 23.2 Å². The second-order valence-electron chi connectivity index (χ2n) is 6.86. The number of nitrogens with zero attached hydrogens (tertiary/aromatic N) is 3. The number of aryl methyl sites for hydroxylation is 1. The molecule has 0 unspecified atom stereocenters. The number of amides is 1. The molecule has 1 heterocycles. The summed E-state index contributed by atoms with van der Waals surface area (Å²) in [5.74, 6) is 0.769. The number of hydrogen-bond donors (Lipinski definition) is 2. The monoisotopic (exact) mass is 505 g/mol. The number of hydrogen-bond acceptors (Lipinski definition) is 3. The maximum atomic E-state index is 13.2. The van der Waals surface area contributed by atoms with Crippen LogP contribution in [0.25, 0.3) is 0 Å². The van der Waals surface area contributed by atoms with Crippen LogP contribution in [0.4, 0.5) is 4.39 Å². The Morgan fingerprint density at radius 1 is 1.21 bits per heavy atom. The van der Waals surface area contributed by atoms with Gasteiger partial charge in [-0.15, -0.1) is 24.0 Å². The second-order valence-corrected chi connectivity index (χ2v) is 6.86. The first-order valence-corrected chi connectivity index (χ1v) is 9.74. The molecule has 6 nitrogen and oxygen atoms in total. The van der Waals surface area contributed by atoms with Gasteiger partial charge in [-0.25, -0.2) is 4.39 Å². The van der Waals surface area contributed by atoms with Crippen LogP contribution in [0.5, 0.6) is 0 Å². The zero-order valence-electron chi connectivity index (χ0n) is 17.1. The maximum absolute atomic E-state index is 13.2. The van der Waals surface area contributed by atoms with Gasteiger partial charge in [0.25, 0.3) is 0 Å². The molecule has 0 radical (unpaired) electrons. The summed E-state index contributed by atoms with van der Waals surface area (Å²) in [5.41, 5.74) is 2.12. The summed E-state index contributed by atoms with van der Waals surface area (Å²) in [6.07, 6.45) is 0.823. The Morgan fingerprint density at radius 3 is 2.54 bits per heavy atom. The highest BCUT2D eigenvalue weighted by atomic mass is 127. The van der Waals surface area contributed by atoms with E-state index in [4.69, 9.17) is 0 Å². The number of piperazine rings is 1. The Morgan fingerprint density at radius 2 is 1.93 bits per heavy atom. The lowest BCUT2D eigenvalue weighted by molar-refractivity contribution is -0.130. The first-order chi connectivity index (χ1) is 13.0. The quantitative estimate of drug-likeness (QED) is 0.338. The molecule has 2 N–H and O–H groups in total. The van der Waals surface area contributed by atoms with Crippen molar-refractivity contribution in [1.82, 2.24) is 20.4 Å². The van der Waals surface area contributed by atoms with Crippen LogP contribution in [-0.4, -0.2) is 74.0 Å². The van der Waals surface area contributed by atoms with Crippen molar-refractivity contribution in [3.8, 4) is 0 Å². The van der Waals surface area contributed by atoms with Crippen molar-refractivity contribution < 1.29 is 9.18 Å². The highest BCUT2D eigenvalue weighted by Crippen LogP contribution is 2.10. The van der Waals surface area contributed by atoms with Crippen molar-refractivity contribution in [1.29, 1.82) is 0 Å². The van der Waals surface area contributed by atoms with Gasteiger partial charge in [-0.1, -0.05) is 6.07 Å². The van der Waals surface area contributed by atoms with Gasteiger partial charge in [-0.2, -0.15) is 0 Å². The fourth-order valence-electron chi connectivity index (χ4n) is 3.19. The smallest absolute Gasteiger partial charge is 0.219 e. The molecule has 0 saturated carbocycles. The number of aliphatic imine (C=N–C) groups is 1. The molecular formula is C20H33FIN5O. The minimum absolute atomic E-state index is 0. The third kappa shape index (κ3) is 8.30. The zero-order chi connectivity index (χ0) is 19.6. The van der Waals surface area contributed by atoms with Crippen molar-refractivity contribution in [3.63, 3.8) is 0 Å². The Hall–Kier alpha value is -1.42. The van der Waals surface area contributed by atoms with Crippen LogP contribution in [0.2, 0.25) is 0 Å². The van der Waals surface area contributed by atoms with E-state index in [1.807, 2.05) is 24.8 Å². The molecule has 1 fully saturated rings. The zero-order valence-corrected chi connectivity index (χ0v) is 19.5. The van der Waals surface area contributed by atoms with E-state index in [0.29, 0.717) is 6.54 Å². The molecule has 0 bridgehead atoms. The summed E-state index contributed by atoms with van der Waals surface area (Å²) in [5, 5.41) is 6.60. The van der Waals surface area contributed by atoms with Gasteiger partial charge in [0.05, 0.1) is 6.54 Å². The van der Waals surface area contributed by atoms with Crippen molar-refractivity contribution >= 4 is 35.8 Å². The molecule has 1 saturated heterocycles. The largest absolute Gasteiger partial charge is 0.357 e. The molecule has 1 amide bonds. The molecule has 0 aliphatic carbocycles. The van der Waals surface area contributed by atoms with Crippen LogP contribution in [0.3, 0.4) is 0 Å². The molecule has 2 rings (SSSR count). The van der Waals surface area contributed by atoms with Crippen LogP contribution in [-0.2, 0) is 11.2 Å². The van der Waals surface area contributed by atoms with Gasteiger partial charge in [-0.05, 0) is 43.5 Å².